The van der Waals surface area contributed by atoms with Gasteiger partial charge in [-0.25, -0.2) is 0 Å². The topological polar surface area (TPSA) is 68.6 Å². The smallest absolute Gasteiger partial charge is 0.141 e. The SMILES string of the molecule is CCCCC[C@H](c1c(CO)cnc(C)c1O)N1CCNCC1. The molecule has 5 heteroatoms. The highest BCUT2D eigenvalue weighted by Gasteiger charge is 2.27. The summed E-state index contributed by atoms with van der Waals surface area (Å²) in [6.45, 7) is 7.85. The summed E-state index contributed by atoms with van der Waals surface area (Å²) >= 11 is 0. The average Bonchev–Trinajstić information content (AvgIpc) is 2.55. The first kappa shape index (κ1) is 17.2. The molecule has 0 aromatic carbocycles. The Kier molecular flexibility index (Phi) is 6.61. The maximum atomic E-state index is 10.6. The number of aromatic hydroxyl groups is 1. The second-order valence-corrected chi connectivity index (χ2v) is 6.09. The van der Waals surface area contributed by atoms with E-state index >= 15 is 0 Å². The number of hydrogen-bond acceptors (Lipinski definition) is 5. The molecule has 0 aliphatic carbocycles. The number of aliphatic hydroxyl groups excluding tert-OH is 1. The molecule has 2 heterocycles. The Bertz CT molecular complexity index is 473. The molecule has 1 saturated heterocycles. The zero-order chi connectivity index (χ0) is 15.9. The molecule has 1 aliphatic heterocycles. The lowest BCUT2D eigenvalue weighted by Gasteiger charge is -2.36. The van der Waals surface area contributed by atoms with Crippen LogP contribution < -0.4 is 5.32 Å². The first-order valence-corrected chi connectivity index (χ1v) is 8.42. The van der Waals surface area contributed by atoms with Crippen LogP contribution in [0.25, 0.3) is 0 Å². The van der Waals surface area contributed by atoms with Crippen LogP contribution in [-0.2, 0) is 6.61 Å². The molecule has 1 fully saturated rings. The molecule has 0 amide bonds. The Morgan fingerprint density at radius 1 is 1.32 bits per heavy atom. The Morgan fingerprint density at radius 2 is 2.05 bits per heavy atom. The van der Waals surface area contributed by atoms with Gasteiger partial charge in [-0.2, -0.15) is 0 Å². The number of hydrogen-bond donors (Lipinski definition) is 3. The molecule has 0 radical (unpaired) electrons. The largest absolute Gasteiger partial charge is 0.506 e. The zero-order valence-corrected chi connectivity index (χ0v) is 13.8. The minimum absolute atomic E-state index is 0.0768. The first-order chi connectivity index (χ1) is 10.7. The van der Waals surface area contributed by atoms with Crippen molar-refractivity contribution < 1.29 is 10.2 Å². The Labute approximate surface area is 133 Å². The maximum Gasteiger partial charge on any atom is 0.141 e. The fraction of sp³-hybridized carbons (Fsp3) is 0.706. The number of rotatable bonds is 7. The molecule has 5 nitrogen and oxygen atoms in total. The third-order valence-corrected chi connectivity index (χ3v) is 4.53. The molecule has 22 heavy (non-hydrogen) atoms. The van der Waals surface area contributed by atoms with E-state index in [1.54, 1.807) is 6.20 Å². The van der Waals surface area contributed by atoms with Gasteiger partial charge in [0.05, 0.1) is 12.3 Å². The summed E-state index contributed by atoms with van der Waals surface area (Å²) in [5.41, 5.74) is 2.28. The maximum absolute atomic E-state index is 10.6. The van der Waals surface area contributed by atoms with Crippen molar-refractivity contribution in [1.29, 1.82) is 0 Å². The number of piperazine rings is 1. The average molecular weight is 307 g/mol. The van der Waals surface area contributed by atoms with E-state index in [1.165, 1.54) is 12.8 Å². The van der Waals surface area contributed by atoms with Gasteiger partial charge >= 0.3 is 0 Å². The number of pyridine rings is 1. The number of nitrogens with one attached hydrogen (secondary N) is 1. The highest BCUT2D eigenvalue weighted by molar-refractivity contribution is 5.43. The molecule has 1 aromatic heterocycles. The Hall–Kier alpha value is -1.17. The van der Waals surface area contributed by atoms with Crippen molar-refractivity contribution in [1.82, 2.24) is 15.2 Å². The summed E-state index contributed by atoms with van der Waals surface area (Å²) in [6, 6.07) is 0.164. The number of unbranched alkanes of at least 4 members (excludes halogenated alkanes) is 2. The summed E-state index contributed by atoms with van der Waals surface area (Å²) in [4.78, 5) is 6.62. The van der Waals surface area contributed by atoms with E-state index in [-0.39, 0.29) is 18.4 Å². The van der Waals surface area contributed by atoms with Crippen LogP contribution in [0.5, 0.6) is 5.75 Å². The van der Waals surface area contributed by atoms with Crippen LogP contribution in [0.1, 0.15) is 55.5 Å². The van der Waals surface area contributed by atoms with Crippen molar-refractivity contribution in [2.24, 2.45) is 0 Å². The Morgan fingerprint density at radius 3 is 2.68 bits per heavy atom. The third-order valence-electron chi connectivity index (χ3n) is 4.53. The van der Waals surface area contributed by atoms with Gasteiger partial charge in [0.1, 0.15) is 5.75 Å². The van der Waals surface area contributed by atoms with E-state index in [1.807, 2.05) is 6.92 Å². The van der Waals surface area contributed by atoms with Crippen LogP contribution >= 0.6 is 0 Å². The van der Waals surface area contributed by atoms with Gasteiger partial charge < -0.3 is 15.5 Å². The summed E-state index contributed by atoms with van der Waals surface area (Å²) in [6.07, 6.45) is 6.23. The van der Waals surface area contributed by atoms with Gasteiger partial charge in [-0.3, -0.25) is 9.88 Å². The van der Waals surface area contributed by atoms with Gasteiger partial charge in [0.2, 0.25) is 0 Å². The summed E-state index contributed by atoms with van der Waals surface area (Å²) in [5, 5.41) is 23.6. The molecule has 1 aliphatic rings. The number of nitrogens with zero attached hydrogens (tertiary/aromatic N) is 2. The first-order valence-electron chi connectivity index (χ1n) is 8.42. The van der Waals surface area contributed by atoms with Gasteiger partial charge in [-0.05, 0) is 13.3 Å². The van der Waals surface area contributed by atoms with Crippen LogP contribution in [0.15, 0.2) is 6.20 Å². The Balaban J connectivity index is 2.32. The minimum Gasteiger partial charge on any atom is -0.506 e. The monoisotopic (exact) mass is 307 g/mol. The fourth-order valence-electron chi connectivity index (χ4n) is 3.24. The molecule has 1 atom stereocenters. The van der Waals surface area contributed by atoms with E-state index in [4.69, 9.17) is 0 Å². The lowest BCUT2D eigenvalue weighted by atomic mass is 9.93. The van der Waals surface area contributed by atoms with Gasteiger partial charge in [-0.15, -0.1) is 0 Å². The predicted octanol–water partition coefficient (Wildman–Crippen LogP) is 2.11. The van der Waals surface area contributed by atoms with Gasteiger partial charge in [0, 0.05) is 49.5 Å². The van der Waals surface area contributed by atoms with Gasteiger partial charge in [0.25, 0.3) is 0 Å². The molecule has 0 unspecified atom stereocenters. The van der Waals surface area contributed by atoms with Crippen molar-refractivity contribution in [3.63, 3.8) is 0 Å². The predicted molar refractivity (Wildman–Crippen MR) is 87.9 cm³/mol. The van der Waals surface area contributed by atoms with E-state index < -0.39 is 0 Å². The minimum atomic E-state index is -0.0768. The van der Waals surface area contributed by atoms with Crippen molar-refractivity contribution in [2.45, 2.75) is 52.2 Å². The van der Waals surface area contributed by atoms with Gasteiger partial charge in [-0.1, -0.05) is 26.2 Å². The second-order valence-electron chi connectivity index (χ2n) is 6.09. The molecule has 3 N–H and O–H groups in total. The van der Waals surface area contributed by atoms with Crippen molar-refractivity contribution >= 4 is 0 Å². The number of aliphatic hydroxyl groups is 1. The lowest BCUT2D eigenvalue weighted by molar-refractivity contribution is 0.157. The molecule has 124 valence electrons. The molecule has 0 spiro atoms. The summed E-state index contributed by atoms with van der Waals surface area (Å²) in [7, 11) is 0. The van der Waals surface area contributed by atoms with E-state index in [9.17, 15) is 10.2 Å². The van der Waals surface area contributed by atoms with E-state index in [2.05, 4.69) is 22.1 Å². The fourth-order valence-corrected chi connectivity index (χ4v) is 3.24. The van der Waals surface area contributed by atoms with E-state index in [0.29, 0.717) is 5.69 Å². The number of aromatic nitrogens is 1. The highest BCUT2D eigenvalue weighted by atomic mass is 16.3. The van der Waals surface area contributed by atoms with Crippen LogP contribution in [-0.4, -0.2) is 46.3 Å². The lowest BCUT2D eigenvalue weighted by Crippen LogP contribution is -2.45. The van der Waals surface area contributed by atoms with Crippen LogP contribution in [0.2, 0.25) is 0 Å². The molecular formula is C17H29N3O2. The van der Waals surface area contributed by atoms with Crippen molar-refractivity contribution in [2.75, 3.05) is 26.2 Å². The molecular weight excluding hydrogens is 278 g/mol. The van der Waals surface area contributed by atoms with Crippen LogP contribution in [0.3, 0.4) is 0 Å². The summed E-state index contributed by atoms with van der Waals surface area (Å²) in [5.74, 6) is 0.256. The third kappa shape index (κ3) is 3.97. The van der Waals surface area contributed by atoms with Crippen molar-refractivity contribution in [3.05, 3.63) is 23.0 Å². The molecule has 2 rings (SSSR count). The van der Waals surface area contributed by atoms with Crippen LogP contribution in [0, 0.1) is 6.92 Å². The quantitative estimate of drug-likeness (QED) is 0.673. The van der Waals surface area contributed by atoms with Crippen LogP contribution in [0.4, 0.5) is 0 Å². The molecule has 1 aromatic rings. The highest BCUT2D eigenvalue weighted by Crippen LogP contribution is 2.36. The normalized spacial score (nSPS) is 17.6. The molecule has 0 bridgehead atoms. The number of aryl methyl sites for hydroxylation is 1. The van der Waals surface area contributed by atoms with Crippen molar-refractivity contribution in [3.8, 4) is 5.75 Å². The second kappa shape index (κ2) is 8.46. The summed E-state index contributed by atoms with van der Waals surface area (Å²) < 4.78 is 0. The zero-order valence-electron chi connectivity index (χ0n) is 13.8. The van der Waals surface area contributed by atoms with Gasteiger partial charge in [0.15, 0.2) is 0 Å². The van der Waals surface area contributed by atoms with E-state index in [0.717, 1.165) is 50.1 Å². The standard InChI is InChI=1S/C17H29N3O2/c1-3-4-5-6-15(20-9-7-18-8-10-20)16-14(12-21)11-19-13(2)17(16)22/h11,15,18,21-22H,3-10,12H2,1-2H3/t15-/m1/s1. The molecule has 0 saturated carbocycles.